The van der Waals surface area contributed by atoms with Gasteiger partial charge in [0.1, 0.15) is 22.3 Å². The van der Waals surface area contributed by atoms with E-state index in [0.29, 0.717) is 0 Å². The van der Waals surface area contributed by atoms with Crippen molar-refractivity contribution < 1.29 is 8.83 Å². The molecule has 0 unspecified atom stereocenters. The van der Waals surface area contributed by atoms with Gasteiger partial charge in [-0.1, -0.05) is 115 Å². The zero-order chi connectivity index (χ0) is 30.9. The normalized spacial score (nSPS) is 11.8. The number of hydrogen-bond acceptors (Lipinski definition) is 3. The van der Waals surface area contributed by atoms with E-state index in [9.17, 15) is 0 Å². The molecular weight excluding hydrogens is 574 g/mol. The van der Waals surface area contributed by atoms with Gasteiger partial charge in [0.05, 0.1) is 16.8 Å². The maximum Gasteiger partial charge on any atom is 0.145 e. The first-order chi connectivity index (χ1) is 23.3. The third-order valence-corrected chi connectivity index (χ3v) is 9.44. The number of furan rings is 2. The lowest BCUT2D eigenvalue weighted by Crippen LogP contribution is -2.11. The van der Waals surface area contributed by atoms with Crippen molar-refractivity contribution in [3.05, 3.63) is 164 Å². The van der Waals surface area contributed by atoms with Crippen LogP contribution in [0.15, 0.2) is 173 Å². The number of benzene rings is 8. The quantitative estimate of drug-likeness (QED) is 0.188. The number of para-hydroxylation sites is 2. The van der Waals surface area contributed by atoms with Gasteiger partial charge in [-0.05, 0) is 64.2 Å². The Balaban J connectivity index is 1.34. The molecule has 0 spiro atoms. The fraction of sp³-hybridized carbons (Fsp3) is 0. The van der Waals surface area contributed by atoms with E-state index in [-0.39, 0.29) is 0 Å². The molecule has 0 aliphatic heterocycles. The first-order valence-corrected chi connectivity index (χ1v) is 15.9. The van der Waals surface area contributed by atoms with E-state index in [1.807, 2.05) is 18.2 Å². The second-order valence-electron chi connectivity index (χ2n) is 12.1. The van der Waals surface area contributed by atoms with Crippen molar-refractivity contribution in [3.8, 4) is 11.1 Å². The fourth-order valence-electron chi connectivity index (χ4n) is 7.33. The van der Waals surface area contributed by atoms with Gasteiger partial charge in [-0.15, -0.1) is 0 Å². The molecule has 0 N–H and O–H groups in total. The van der Waals surface area contributed by atoms with Crippen molar-refractivity contribution in [2.75, 3.05) is 4.90 Å². The summed E-state index contributed by atoms with van der Waals surface area (Å²) >= 11 is 0. The smallest absolute Gasteiger partial charge is 0.145 e. The summed E-state index contributed by atoms with van der Waals surface area (Å²) in [5.74, 6) is 0. The van der Waals surface area contributed by atoms with E-state index in [0.717, 1.165) is 72.1 Å². The van der Waals surface area contributed by atoms with Crippen LogP contribution in [0.1, 0.15) is 0 Å². The van der Waals surface area contributed by atoms with Crippen molar-refractivity contribution in [1.82, 2.24) is 0 Å². The molecule has 8 aromatic carbocycles. The van der Waals surface area contributed by atoms with Crippen LogP contribution < -0.4 is 4.90 Å². The zero-order valence-corrected chi connectivity index (χ0v) is 25.4. The molecule has 0 bridgehead atoms. The molecule has 3 heteroatoms. The predicted octanol–water partition coefficient (Wildman–Crippen LogP) is 12.9. The Kier molecular flexibility index (Phi) is 5.57. The Bertz CT molecular complexity index is 2810. The maximum absolute atomic E-state index is 6.72. The summed E-state index contributed by atoms with van der Waals surface area (Å²) in [6.07, 6.45) is 0. The minimum absolute atomic E-state index is 0.855. The van der Waals surface area contributed by atoms with Crippen molar-refractivity contribution in [1.29, 1.82) is 0 Å². The molecule has 0 radical (unpaired) electrons. The Morgan fingerprint density at radius 3 is 1.91 bits per heavy atom. The number of hydrogen-bond donors (Lipinski definition) is 0. The summed E-state index contributed by atoms with van der Waals surface area (Å²) in [7, 11) is 0. The van der Waals surface area contributed by atoms with Crippen LogP contribution in [0.4, 0.5) is 17.1 Å². The summed E-state index contributed by atoms with van der Waals surface area (Å²) in [5.41, 5.74) is 8.81. The standard InChI is InChI=1S/C44H27NO2/c1-2-11-28(12-3-1)33-25-26-38(43-36-17-7-9-20-40(36)47-44(33)43)45(31-23-24-35-34-16-6-8-19-39(34)46-41(35)27-31)37-18-10-14-30-22-21-29-13-4-5-15-32(29)42(30)37/h1-27H. The molecule has 220 valence electrons. The average Bonchev–Trinajstić information content (AvgIpc) is 3.71. The molecule has 2 aromatic heterocycles. The van der Waals surface area contributed by atoms with Crippen LogP contribution in [0.2, 0.25) is 0 Å². The largest absolute Gasteiger partial charge is 0.456 e. The molecule has 0 aliphatic carbocycles. The molecule has 0 fully saturated rings. The van der Waals surface area contributed by atoms with E-state index in [2.05, 4.69) is 150 Å². The van der Waals surface area contributed by atoms with Crippen LogP contribution in [-0.2, 0) is 0 Å². The Morgan fingerprint density at radius 2 is 1.04 bits per heavy atom. The van der Waals surface area contributed by atoms with Gasteiger partial charge in [-0.25, -0.2) is 0 Å². The molecule has 0 saturated carbocycles. The second kappa shape index (κ2) is 10.1. The third kappa shape index (κ3) is 3.93. The lowest BCUT2D eigenvalue weighted by molar-refractivity contribution is 0.669. The van der Waals surface area contributed by atoms with Gasteiger partial charge in [0.25, 0.3) is 0 Å². The third-order valence-electron chi connectivity index (χ3n) is 9.44. The van der Waals surface area contributed by atoms with Gasteiger partial charge < -0.3 is 13.7 Å². The minimum Gasteiger partial charge on any atom is -0.456 e. The number of fused-ring (bicyclic) bond motifs is 9. The SMILES string of the molecule is c1ccc(-c2ccc(N(c3ccc4c(c3)oc3ccccc34)c3cccc4ccc5ccccc5c34)c3c2oc2ccccc23)cc1. The van der Waals surface area contributed by atoms with Crippen molar-refractivity contribution in [2.45, 2.75) is 0 Å². The van der Waals surface area contributed by atoms with Crippen molar-refractivity contribution in [3.63, 3.8) is 0 Å². The van der Waals surface area contributed by atoms with Crippen LogP contribution in [-0.4, -0.2) is 0 Å². The first-order valence-electron chi connectivity index (χ1n) is 15.9. The minimum atomic E-state index is 0.855. The molecular formula is C44H27NO2. The van der Waals surface area contributed by atoms with Gasteiger partial charge in [0, 0.05) is 38.9 Å². The highest BCUT2D eigenvalue weighted by Gasteiger charge is 2.24. The summed E-state index contributed by atoms with van der Waals surface area (Å²) in [6, 6.07) is 57.8. The molecule has 3 nitrogen and oxygen atoms in total. The topological polar surface area (TPSA) is 29.5 Å². The average molecular weight is 602 g/mol. The van der Waals surface area contributed by atoms with E-state index in [1.165, 1.54) is 21.5 Å². The molecule has 47 heavy (non-hydrogen) atoms. The van der Waals surface area contributed by atoms with Gasteiger partial charge in [0.2, 0.25) is 0 Å². The zero-order valence-electron chi connectivity index (χ0n) is 25.4. The summed E-state index contributed by atoms with van der Waals surface area (Å²) in [4.78, 5) is 2.39. The summed E-state index contributed by atoms with van der Waals surface area (Å²) < 4.78 is 13.2. The van der Waals surface area contributed by atoms with Gasteiger partial charge >= 0.3 is 0 Å². The molecule has 0 atom stereocenters. The first kappa shape index (κ1) is 26.0. The maximum atomic E-state index is 6.72. The van der Waals surface area contributed by atoms with Crippen molar-refractivity contribution in [2.24, 2.45) is 0 Å². The lowest BCUT2D eigenvalue weighted by Gasteiger charge is -2.28. The highest BCUT2D eigenvalue weighted by atomic mass is 16.3. The predicted molar refractivity (Wildman–Crippen MR) is 196 cm³/mol. The van der Waals surface area contributed by atoms with Crippen molar-refractivity contribution >= 4 is 82.5 Å². The Morgan fingerprint density at radius 1 is 0.383 bits per heavy atom. The van der Waals surface area contributed by atoms with E-state index in [4.69, 9.17) is 8.83 Å². The van der Waals surface area contributed by atoms with Crippen LogP contribution in [0, 0.1) is 0 Å². The van der Waals surface area contributed by atoms with Gasteiger partial charge in [-0.3, -0.25) is 0 Å². The van der Waals surface area contributed by atoms with Gasteiger partial charge in [0.15, 0.2) is 0 Å². The van der Waals surface area contributed by atoms with Crippen LogP contribution >= 0.6 is 0 Å². The lowest BCUT2D eigenvalue weighted by atomic mass is 9.97. The van der Waals surface area contributed by atoms with Gasteiger partial charge in [-0.2, -0.15) is 0 Å². The summed E-state index contributed by atoms with van der Waals surface area (Å²) in [6.45, 7) is 0. The molecule has 0 amide bonds. The fourth-order valence-corrected chi connectivity index (χ4v) is 7.33. The van der Waals surface area contributed by atoms with E-state index in [1.54, 1.807) is 0 Å². The molecule has 0 saturated heterocycles. The summed E-state index contributed by atoms with van der Waals surface area (Å²) in [5, 5.41) is 9.17. The highest BCUT2D eigenvalue weighted by Crippen LogP contribution is 2.49. The number of rotatable bonds is 4. The van der Waals surface area contributed by atoms with Crippen LogP contribution in [0.5, 0.6) is 0 Å². The molecule has 10 aromatic rings. The van der Waals surface area contributed by atoms with Crippen LogP contribution in [0.25, 0.3) is 76.5 Å². The molecule has 2 heterocycles. The number of nitrogens with zero attached hydrogens (tertiary/aromatic N) is 1. The van der Waals surface area contributed by atoms with E-state index < -0.39 is 0 Å². The van der Waals surface area contributed by atoms with Crippen LogP contribution in [0.3, 0.4) is 0 Å². The highest BCUT2D eigenvalue weighted by molar-refractivity contribution is 6.20. The number of anilines is 3. The monoisotopic (exact) mass is 601 g/mol. The second-order valence-corrected chi connectivity index (χ2v) is 12.1. The molecule has 0 aliphatic rings. The Labute approximate surface area is 270 Å². The van der Waals surface area contributed by atoms with E-state index >= 15 is 0 Å². The molecule has 10 rings (SSSR count). The Hall–Kier alpha value is -6.32.